The van der Waals surface area contributed by atoms with Crippen molar-refractivity contribution in [1.82, 2.24) is 4.90 Å². The number of ketones is 2. The molecule has 0 radical (unpaired) electrons. The van der Waals surface area contributed by atoms with E-state index < -0.39 is 35.0 Å². The number of halogens is 2. The summed E-state index contributed by atoms with van der Waals surface area (Å²) in [6, 6.07) is 29.8. The van der Waals surface area contributed by atoms with Crippen molar-refractivity contribution in [3.05, 3.63) is 146 Å². The number of Topliss-reactive ketones (excluding diaryl/α,β-unsaturated/α-hetero) is 1. The number of aromatic hydroxyl groups is 1. The predicted molar refractivity (Wildman–Crippen MR) is 199 cm³/mol. The quantitative estimate of drug-likeness (QED) is 0.157. The summed E-state index contributed by atoms with van der Waals surface area (Å²) in [5, 5.41) is 11.0. The SMILES string of the molecule is COc1cc(C2C3=CCC4C(=O)N(Cc5ccccc5)C(=O)C4C3CC3C(=O)C(c4ccccc4)=CC(=O)C32c2ccccc2)c(Br)c(Br)c1O. The number of imide groups is 1. The van der Waals surface area contributed by atoms with E-state index in [9.17, 15) is 14.7 Å². The highest BCUT2D eigenvalue weighted by molar-refractivity contribution is 9.13. The number of methoxy groups -OCH3 is 1. The fourth-order valence-electron chi connectivity index (χ4n) is 9.18. The van der Waals surface area contributed by atoms with Gasteiger partial charge in [0.2, 0.25) is 11.8 Å². The summed E-state index contributed by atoms with van der Waals surface area (Å²) in [4.78, 5) is 60.3. The fraction of sp³-hybridized carbons (Fsp3) is 0.238. The largest absolute Gasteiger partial charge is 0.503 e. The molecule has 4 aromatic carbocycles. The average Bonchev–Trinajstić information content (AvgIpc) is 3.40. The monoisotopic (exact) mass is 805 g/mol. The molecule has 4 aromatic rings. The van der Waals surface area contributed by atoms with Crippen LogP contribution in [0.3, 0.4) is 0 Å². The summed E-state index contributed by atoms with van der Waals surface area (Å²) in [5.74, 6) is -4.25. The molecule has 1 saturated carbocycles. The zero-order valence-electron chi connectivity index (χ0n) is 27.6. The second-order valence-electron chi connectivity index (χ2n) is 13.7. The Labute approximate surface area is 312 Å². The number of hydrogen-bond donors (Lipinski definition) is 1. The van der Waals surface area contributed by atoms with Gasteiger partial charge in [0.25, 0.3) is 0 Å². The summed E-state index contributed by atoms with van der Waals surface area (Å²) in [5.41, 5.74) is 2.55. The van der Waals surface area contributed by atoms with Gasteiger partial charge in [0.05, 0.1) is 35.4 Å². The Morgan fingerprint density at radius 1 is 0.843 bits per heavy atom. The maximum absolute atomic E-state index is 15.3. The van der Waals surface area contributed by atoms with Crippen LogP contribution in [0.4, 0.5) is 0 Å². The minimum absolute atomic E-state index is 0.117. The molecule has 1 N–H and O–H groups in total. The van der Waals surface area contributed by atoms with Crippen LogP contribution in [0.25, 0.3) is 5.57 Å². The lowest BCUT2D eigenvalue weighted by molar-refractivity contribution is -0.141. The molecule has 1 saturated heterocycles. The van der Waals surface area contributed by atoms with E-state index in [1.165, 1.54) is 18.1 Å². The lowest BCUT2D eigenvalue weighted by Crippen LogP contribution is -2.59. The number of likely N-dealkylation sites (tertiary alicyclic amines) is 1. The highest BCUT2D eigenvalue weighted by Gasteiger charge is 2.66. The lowest BCUT2D eigenvalue weighted by atomic mass is 9.44. The maximum Gasteiger partial charge on any atom is 0.234 e. The summed E-state index contributed by atoms with van der Waals surface area (Å²) < 4.78 is 6.47. The normalized spacial score (nSPS) is 27.0. The smallest absolute Gasteiger partial charge is 0.234 e. The molecular weight excluding hydrogens is 774 g/mol. The van der Waals surface area contributed by atoms with Gasteiger partial charge in [-0.15, -0.1) is 0 Å². The molecule has 2 fully saturated rings. The van der Waals surface area contributed by atoms with Gasteiger partial charge in [0, 0.05) is 21.9 Å². The Balaban J connectivity index is 1.38. The predicted octanol–water partition coefficient (Wildman–Crippen LogP) is 7.95. The molecule has 51 heavy (non-hydrogen) atoms. The van der Waals surface area contributed by atoms with Gasteiger partial charge in [-0.1, -0.05) is 103 Å². The molecular formula is C42H33Br2NO6. The van der Waals surface area contributed by atoms with Gasteiger partial charge in [-0.2, -0.15) is 0 Å². The van der Waals surface area contributed by atoms with E-state index in [1.807, 2.05) is 97.1 Å². The van der Waals surface area contributed by atoms with Gasteiger partial charge >= 0.3 is 0 Å². The highest BCUT2D eigenvalue weighted by atomic mass is 79.9. The minimum Gasteiger partial charge on any atom is -0.503 e. The number of carbonyl (C=O) groups excluding carboxylic acids is 4. The van der Waals surface area contributed by atoms with E-state index in [2.05, 4.69) is 31.9 Å². The number of nitrogens with zero attached hydrogens (tertiary/aromatic N) is 1. The third-order valence-electron chi connectivity index (χ3n) is 11.4. The fourth-order valence-corrected chi connectivity index (χ4v) is 10.1. The number of fused-ring (bicyclic) bond motifs is 4. The van der Waals surface area contributed by atoms with E-state index >= 15 is 9.59 Å². The van der Waals surface area contributed by atoms with Crippen molar-refractivity contribution in [2.45, 2.75) is 30.7 Å². The van der Waals surface area contributed by atoms with Gasteiger partial charge in [-0.05, 0) is 85.0 Å². The number of hydrogen-bond acceptors (Lipinski definition) is 6. The standard InChI is InChI=1S/C42H33Br2NO6/c1-51-32-20-30(36(43)37(44)39(32)48)35-26-17-18-27-34(41(50)45(40(27)49)22-23-11-5-2-6-12-23)29(26)19-31-38(47)28(24-13-7-3-8-14-24)21-33(46)42(31,35)25-15-9-4-10-16-25/h2-17,20-21,27,29,31,34-35,48H,18-19,22H2,1H3. The van der Waals surface area contributed by atoms with Crippen LogP contribution in [0.1, 0.15) is 41.0 Å². The molecule has 0 spiro atoms. The van der Waals surface area contributed by atoms with Crippen LogP contribution in [-0.4, -0.2) is 40.5 Å². The average molecular weight is 808 g/mol. The first-order valence-electron chi connectivity index (χ1n) is 16.9. The molecule has 256 valence electrons. The van der Waals surface area contributed by atoms with Gasteiger partial charge in [-0.3, -0.25) is 24.1 Å². The molecule has 4 aliphatic rings. The minimum atomic E-state index is -1.41. The Morgan fingerprint density at radius 2 is 1.49 bits per heavy atom. The molecule has 6 atom stereocenters. The Bertz CT molecular complexity index is 2170. The lowest BCUT2D eigenvalue weighted by Gasteiger charge is -2.55. The van der Waals surface area contributed by atoms with Gasteiger partial charge in [0.15, 0.2) is 23.1 Å². The Morgan fingerprint density at radius 3 is 2.16 bits per heavy atom. The van der Waals surface area contributed by atoms with Gasteiger partial charge in [0.1, 0.15) is 0 Å². The molecule has 2 amide bonds. The number of phenolic OH excluding ortho intramolecular Hbond substituents is 1. The molecule has 3 aliphatic carbocycles. The summed E-state index contributed by atoms with van der Waals surface area (Å²) in [7, 11) is 1.46. The zero-order valence-corrected chi connectivity index (χ0v) is 30.8. The topological polar surface area (TPSA) is 101 Å². The molecule has 0 bridgehead atoms. The van der Waals surface area contributed by atoms with Crippen LogP contribution in [0.5, 0.6) is 11.5 Å². The maximum atomic E-state index is 15.3. The number of phenols is 1. The van der Waals surface area contributed by atoms with E-state index in [0.29, 0.717) is 37.6 Å². The number of allylic oxidation sites excluding steroid dienone is 4. The van der Waals surface area contributed by atoms with E-state index in [0.717, 1.165) is 11.1 Å². The van der Waals surface area contributed by atoms with E-state index in [-0.39, 0.29) is 47.8 Å². The molecule has 0 aromatic heterocycles. The summed E-state index contributed by atoms with van der Waals surface area (Å²) >= 11 is 7.28. The first-order chi connectivity index (χ1) is 24.7. The molecule has 1 aliphatic heterocycles. The zero-order chi connectivity index (χ0) is 35.6. The van der Waals surface area contributed by atoms with Crippen LogP contribution in [0.15, 0.2) is 124 Å². The van der Waals surface area contributed by atoms with Crippen molar-refractivity contribution < 1.29 is 29.0 Å². The Hall–Kier alpha value is -4.60. The Kier molecular flexibility index (Phi) is 8.46. The third kappa shape index (κ3) is 5.03. The van der Waals surface area contributed by atoms with Crippen molar-refractivity contribution in [3.8, 4) is 11.5 Å². The first kappa shape index (κ1) is 33.5. The van der Waals surface area contributed by atoms with Crippen molar-refractivity contribution in [1.29, 1.82) is 0 Å². The van der Waals surface area contributed by atoms with Crippen LogP contribution >= 0.6 is 31.9 Å². The molecule has 8 rings (SSSR count). The summed E-state index contributed by atoms with van der Waals surface area (Å²) in [6.45, 7) is 0.167. The van der Waals surface area contributed by atoms with Crippen molar-refractivity contribution in [2.75, 3.05) is 7.11 Å². The molecule has 7 nitrogen and oxygen atoms in total. The number of rotatable bonds is 6. The van der Waals surface area contributed by atoms with Crippen LogP contribution in [0.2, 0.25) is 0 Å². The van der Waals surface area contributed by atoms with E-state index in [1.54, 1.807) is 6.07 Å². The number of amides is 2. The number of ether oxygens (including phenoxy) is 1. The van der Waals surface area contributed by atoms with Crippen LogP contribution < -0.4 is 4.74 Å². The summed E-state index contributed by atoms with van der Waals surface area (Å²) in [6.07, 6.45) is 4.05. The number of carbonyl (C=O) groups is 4. The van der Waals surface area contributed by atoms with Gasteiger partial charge in [-0.25, -0.2) is 0 Å². The number of benzene rings is 4. The van der Waals surface area contributed by atoms with E-state index in [4.69, 9.17) is 4.74 Å². The second kappa shape index (κ2) is 12.9. The first-order valence-corrected chi connectivity index (χ1v) is 18.5. The molecule has 1 heterocycles. The molecule has 6 unspecified atom stereocenters. The van der Waals surface area contributed by atoms with Crippen molar-refractivity contribution in [3.63, 3.8) is 0 Å². The third-order valence-corrected chi connectivity index (χ3v) is 13.5. The molecule has 9 heteroatoms. The van der Waals surface area contributed by atoms with Crippen LogP contribution in [-0.2, 0) is 31.1 Å². The van der Waals surface area contributed by atoms with Crippen molar-refractivity contribution in [2.24, 2.45) is 23.7 Å². The van der Waals surface area contributed by atoms with Crippen LogP contribution in [0, 0.1) is 23.7 Å². The second-order valence-corrected chi connectivity index (χ2v) is 15.3. The highest BCUT2D eigenvalue weighted by Crippen LogP contribution is 2.65. The van der Waals surface area contributed by atoms with Gasteiger partial charge < -0.3 is 9.84 Å². The van der Waals surface area contributed by atoms with Crippen molar-refractivity contribution >= 4 is 60.8 Å².